The van der Waals surface area contributed by atoms with Gasteiger partial charge in [-0.3, -0.25) is 9.52 Å². The van der Waals surface area contributed by atoms with E-state index in [4.69, 9.17) is 0 Å². The second kappa shape index (κ2) is 7.14. The van der Waals surface area contributed by atoms with Crippen molar-refractivity contribution in [2.75, 3.05) is 10.0 Å². The van der Waals surface area contributed by atoms with Crippen LogP contribution in [0.15, 0.2) is 53.4 Å². The lowest BCUT2D eigenvalue weighted by atomic mass is 10.2. The predicted molar refractivity (Wildman–Crippen MR) is 87.6 cm³/mol. The van der Waals surface area contributed by atoms with Crippen LogP contribution in [0.3, 0.4) is 0 Å². The van der Waals surface area contributed by atoms with E-state index in [1.165, 1.54) is 30.3 Å². The van der Waals surface area contributed by atoms with Crippen molar-refractivity contribution >= 4 is 27.3 Å². The number of anilines is 2. The Morgan fingerprint density at radius 3 is 2.24 bits per heavy atom. The lowest BCUT2D eigenvalue weighted by molar-refractivity contribution is -0.137. The molecule has 0 radical (unpaired) electrons. The van der Waals surface area contributed by atoms with Crippen molar-refractivity contribution in [3.63, 3.8) is 0 Å². The number of amides is 1. The Morgan fingerprint density at radius 1 is 1.04 bits per heavy atom. The average Bonchev–Trinajstić information content (AvgIpc) is 2.54. The van der Waals surface area contributed by atoms with E-state index in [1.54, 1.807) is 6.92 Å². The van der Waals surface area contributed by atoms with Crippen molar-refractivity contribution in [1.29, 1.82) is 0 Å². The smallest absolute Gasteiger partial charge is 0.326 e. The molecular weight excluding hydrogens is 357 g/mol. The van der Waals surface area contributed by atoms with Gasteiger partial charge in [-0.2, -0.15) is 13.2 Å². The minimum absolute atomic E-state index is 0.139. The number of carbonyl (C=O) groups is 1. The van der Waals surface area contributed by atoms with Gasteiger partial charge in [0.05, 0.1) is 10.5 Å². The lowest BCUT2D eigenvalue weighted by Gasteiger charge is -2.11. The van der Waals surface area contributed by atoms with Crippen molar-refractivity contribution in [1.82, 2.24) is 0 Å². The number of alkyl halides is 3. The van der Waals surface area contributed by atoms with E-state index in [9.17, 15) is 26.4 Å². The molecule has 2 rings (SSSR count). The first kappa shape index (κ1) is 18.8. The highest BCUT2D eigenvalue weighted by molar-refractivity contribution is 7.92. The molecule has 0 saturated heterocycles. The largest absolute Gasteiger partial charge is 0.416 e. The summed E-state index contributed by atoms with van der Waals surface area (Å²) in [6.07, 6.45) is -4.29. The molecule has 0 fully saturated rings. The van der Waals surface area contributed by atoms with Gasteiger partial charge in [-0.05, 0) is 42.5 Å². The van der Waals surface area contributed by atoms with Crippen LogP contribution >= 0.6 is 0 Å². The first-order chi connectivity index (χ1) is 11.6. The number of hydrogen-bond donors (Lipinski definition) is 2. The van der Waals surface area contributed by atoms with Crippen LogP contribution in [-0.4, -0.2) is 14.3 Å². The maximum Gasteiger partial charge on any atom is 0.416 e. The molecule has 2 N–H and O–H groups in total. The Kier molecular flexibility index (Phi) is 5.36. The summed E-state index contributed by atoms with van der Waals surface area (Å²) in [5.41, 5.74) is -0.728. The molecule has 0 atom stereocenters. The van der Waals surface area contributed by atoms with Gasteiger partial charge in [0.15, 0.2) is 0 Å². The van der Waals surface area contributed by atoms with Gasteiger partial charge in [0.1, 0.15) is 0 Å². The summed E-state index contributed by atoms with van der Waals surface area (Å²) in [6, 6.07) is 9.20. The van der Waals surface area contributed by atoms with Crippen LogP contribution in [0.4, 0.5) is 24.5 Å². The molecule has 9 heteroatoms. The fourth-order valence-electron chi connectivity index (χ4n) is 1.94. The van der Waals surface area contributed by atoms with E-state index >= 15 is 0 Å². The summed E-state index contributed by atoms with van der Waals surface area (Å²) >= 11 is 0. The molecule has 25 heavy (non-hydrogen) atoms. The summed E-state index contributed by atoms with van der Waals surface area (Å²) < 4.78 is 64.7. The fourth-order valence-corrected chi connectivity index (χ4v) is 2.99. The number of halogens is 3. The van der Waals surface area contributed by atoms with Gasteiger partial charge >= 0.3 is 6.18 Å². The van der Waals surface area contributed by atoms with Crippen LogP contribution in [0.25, 0.3) is 0 Å². The van der Waals surface area contributed by atoms with Crippen molar-refractivity contribution in [3.8, 4) is 0 Å². The average molecular weight is 372 g/mol. The zero-order valence-electron chi connectivity index (χ0n) is 13.1. The predicted octanol–water partition coefficient (Wildman–Crippen LogP) is 3.85. The summed E-state index contributed by atoms with van der Waals surface area (Å²) in [5.74, 6) is -0.224. The number of hydrogen-bond acceptors (Lipinski definition) is 3. The molecule has 0 bridgehead atoms. The third kappa shape index (κ3) is 4.96. The maximum absolute atomic E-state index is 12.7. The molecule has 0 unspecified atom stereocenters. The zero-order valence-corrected chi connectivity index (χ0v) is 13.9. The molecule has 2 aromatic rings. The van der Waals surface area contributed by atoms with Crippen molar-refractivity contribution in [3.05, 3.63) is 54.1 Å². The van der Waals surface area contributed by atoms with Crippen LogP contribution in [0.5, 0.6) is 0 Å². The van der Waals surface area contributed by atoms with Crippen molar-refractivity contribution < 1.29 is 26.4 Å². The maximum atomic E-state index is 12.7. The van der Waals surface area contributed by atoms with Crippen LogP contribution in [0, 0.1) is 0 Å². The molecule has 0 saturated carbocycles. The third-order valence-electron chi connectivity index (χ3n) is 3.21. The molecule has 0 aliphatic rings. The second-order valence-corrected chi connectivity index (χ2v) is 6.79. The highest BCUT2D eigenvalue weighted by Crippen LogP contribution is 2.31. The van der Waals surface area contributed by atoms with Gasteiger partial charge in [0.2, 0.25) is 5.91 Å². The number of nitrogens with one attached hydrogen (secondary N) is 2. The van der Waals surface area contributed by atoms with Gasteiger partial charge in [0, 0.05) is 17.8 Å². The van der Waals surface area contributed by atoms with E-state index in [0.29, 0.717) is 11.8 Å². The van der Waals surface area contributed by atoms with E-state index < -0.39 is 21.8 Å². The first-order valence-corrected chi connectivity index (χ1v) is 8.70. The van der Waals surface area contributed by atoms with Gasteiger partial charge in [-0.15, -0.1) is 0 Å². The van der Waals surface area contributed by atoms with Gasteiger partial charge < -0.3 is 5.32 Å². The van der Waals surface area contributed by atoms with Gasteiger partial charge in [-0.1, -0.05) is 13.0 Å². The lowest BCUT2D eigenvalue weighted by Crippen LogP contribution is -2.14. The summed E-state index contributed by atoms with van der Waals surface area (Å²) in [4.78, 5) is 11.1. The minimum atomic E-state index is -4.57. The highest BCUT2D eigenvalue weighted by atomic mass is 32.2. The SMILES string of the molecule is CCC(=O)Nc1ccc(S(=O)(=O)Nc2cccc(C(F)(F)F)c2)cc1. The quantitative estimate of drug-likeness (QED) is 0.837. The molecule has 0 heterocycles. The number of carbonyl (C=O) groups excluding carboxylic acids is 1. The molecule has 0 aliphatic heterocycles. The number of sulfonamides is 1. The number of rotatable bonds is 5. The van der Waals surface area contributed by atoms with Crippen molar-refractivity contribution in [2.24, 2.45) is 0 Å². The number of benzene rings is 2. The van der Waals surface area contributed by atoms with Crippen molar-refractivity contribution in [2.45, 2.75) is 24.4 Å². The molecule has 0 spiro atoms. The molecule has 0 aliphatic carbocycles. The monoisotopic (exact) mass is 372 g/mol. The molecule has 134 valence electrons. The molecular formula is C16H15F3N2O3S. The highest BCUT2D eigenvalue weighted by Gasteiger charge is 2.30. The van der Waals surface area contributed by atoms with Crippen LogP contribution in [-0.2, 0) is 21.0 Å². The molecule has 0 aromatic heterocycles. The molecule has 5 nitrogen and oxygen atoms in total. The van der Waals surface area contributed by atoms with Crippen LogP contribution < -0.4 is 10.0 Å². The van der Waals surface area contributed by atoms with E-state index in [1.807, 2.05) is 0 Å². The van der Waals surface area contributed by atoms with Gasteiger partial charge in [-0.25, -0.2) is 8.42 Å². The minimum Gasteiger partial charge on any atom is -0.326 e. The summed E-state index contributed by atoms with van der Waals surface area (Å²) in [5, 5.41) is 2.56. The van der Waals surface area contributed by atoms with E-state index in [-0.39, 0.29) is 22.9 Å². The third-order valence-corrected chi connectivity index (χ3v) is 4.61. The fraction of sp³-hybridized carbons (Fsp3) is 0.188. The Morgan fingerprint density at radius 2 is 1.68 bits per heavy atom. The zero-order chi connectivity index (χ0) is 18.7. The standard InChI is InChI=1S/C16H15F3N2O3S/c1-2-15(22)20-12-6-8-14(9-7-12)25(23,24)21-13-5-3-4-11(10-13)16(17,18)19/h3-10,21H,2H2,1H3,(H,20,22). The molecule has 2 aromatic carbocycles. The summed E-state index contributed by atoms with van der Waals surface area (Å²) in [7, 11) is -4.06. The molecule has 1 amide bonds. The van der Waals surface area contributed by atoms with Gasteiger partial charge in [0.25, 0.3) is 10.0 Å². The first-order valence-electron chi connectivity index (χ1n) is 7.22. The Balaban J connectivity index is 2.20. The normalized spacial score (nSPS) is 11.8. The van der Waals surface area contributed by atoms with E-state index in [2.05, 4.69) is 10.0 Å². The Bertz CT molecular complexity index is 863. The van der Waals surface area contributed by atoms with Crippen LogP contribution in [0.2, 0.25) is 0 Å². The Labute approximate surface area is 142 Å². The van der Waals surface area contributed by atoms with E-state index in [0.717, 1.165) is 12.1 Å². The summed E-state index contributed by atoms with van der Waals surface area (Å²) in [6.45, 7) is 1.67. The topological polar surface area (TPSA) is 75.3 Å². The van der Waals surface area contributed by atoms with Crippen LogP contribution in [0.1, 0.15) is 18.9 Å². The Hall–Kier alpha value is -2.55. The second-order valence-electron chi connectivity index (χ2n) is 5.11.